The zero-order valence-electron chi connectivity index (χ0n) is 8.55. The number of benzene rings is 1. The Balaban J connectivity index is 2.52. The van der Waals surface area contributed by atoms with Crippen molar-refractivity contribution in [2.24, 2.45) is 5.73 Å². The molecule has 0 aliphatic heterocycles. The van der Waals surface area contributed by atoms with Crippen LogP contribution in [0.5, 0.6) is 0 Å². The number of carbonyl (C=O) groups is 1. The molecule has 4 nitrogen and oxygen atoms in total. The maximum atomic E-state index is 11.1. The number of amides is 1. The van der Waals surface area contributed by atoms with E-state index in [1.165, 1.54) is 0 Å². The minimum Gasteiger partial charge on any atom is -0.383 e. The first-order valence-corrected chi connectivity index (χ1v) is 4.79. The molecule has 1 amide bonds. The zero-order valence-corrected chi connectivity index (χ0v) is 8.55. The van der Waals surface area contributed by atoms with Gasteiger partial charge in [-0.15, -0.1) is 0 Å². The smallest absolute Gasteiger partial charge is 0.252 e. The molecule has 0 fully saturated rings. The van der Waals surface area contributed by atoms with Crippen LogP contribution in [0.3, 0.4) is 0 Å². The SMILES string of the molecule is NC(=O)c1cc(-c2ccccc2)cnc1N. The van der Waals surface area contributed by atoms with Crippen molar-refractivity contribution in [2.75, 3.05) is 5.73 Å². The van der Waals surface area contributed by atoms with Gasteiger partial charge in [-0.25, -0.2) is 4.98 Å². The Kier molecular flexibility index (Phi) is 2.55. The van der Waals surface area contributed by atoms with E-state index in [0.717, 1.165) is 11.1 Å². The number of nitrogens with zero attached hydrogens (tertiary/aromatic N) is 1. The lowest BCUT2D eigenvalue weighted by atomic mass is 10.1. The highest BCUT2D eigenvalue weighted by Gasteiger charge is 2.08. The summed E-state index contributed by atoms with van der Waals surface area (Å²) < 4.78 is 0. The van der Waals surface area contributed by atoms with Gasteiger partial charge in [0.1, 0.15) is 5.82 Å². The normalized spacial score (nSPS) is 10.0. The molecule has 1 aromatic carbocycles. The molecular weight excluding hydrogens is 202 g/mol. The van der Waals surface area contributed by atoms with Crippen molar-refractivity contribution in [1.29, 1.82) is 0 Å². The van der Waals surface area contributed by atoms with E-state index in [-0.39, 0.29) is 11.4 Å². The summed E-state index contributed by atoms with van der Waals surface area (Å²) in [5.74, 6) is -0.407. The number of hydrogen-bond acceptors (Lipinski definition) is 3. The van der Waals surface area contributed by atoms with Gasteiger partial charge in [-0.2, -0.15) is 0 Å². The first kappa shape index (κ1) is 10.2. The van der Waals surface area contributed by atoms with Gasteiger partial charge in [0.25, 0.3) is 5.91 Å². The highest BCUT2D eigenvalue weighted by atomic mass is 16.1. The minimum absolute atomic E-state index is 0.159. The van der Waals surface area contributed by atoms with Crippen molar-refractivity contribution >= 4 is 11.7 Å². The summed E-state index contributed by atoms with van der Waals surface area (Å²) in [6.45, 7) is 0. The average molecular weight is 213 g/mol. The molecule has 0 unspecified atom stereocenters. The monoisotopic (exact) mass is 213 g/mol. The number of nitrogen functional groups attached to an aromatic ring is 1. The van der Waals surface area contributed by atoms with Gasteiger partial charge in [0, 0.05) is 11.8 Å². The van der Waals surface area contributed by atoms with Crippen molar-refractivity contribution in [3.63, 3.8) is 0 Å². The van der Waals surface area contributed by atoms with Gasteiger partial charge in [-0.05, 0) is 11.6 Å². The average Bonchev–Trinajstić information content (AvgIpc) is 2.30. The molecule has 2 aromatic rings. The van der Waals surface area contributed by atoms with Gasteiger partial charge in [0.2, 0.25) is 0 Å². The van der Waals surface area contributed by atoms with Crippen molar-refractivity contribution in [3.05, 3.63) is 48.2 Å². The second-order valence-corrected chi connectivity index (χ2v) is 3.39. The van der Waals surface area contributed by atoms with Crippen LogP contribution in [0, 0.1) is 0 Å². The second-order valence-electron chi connectivity index (χ2n) is 3.39. The summed E-state index contributed by atoms with van der Waals surface area (Å²) in [6, 6.07) is 11.3. The van der Waals surface area contributed by atoms with Crippen LogP contribution in [0.15, 0.2) is 42.6 Å². The van der Waals surface area contributed by atoms with Crippen molar-refractivity contribution < 1.29 is 4.79 Å². The van der Waals surface area contributed by atoms with Gasteiger partial charge < -0.3 is 11.5 Å². The predicted molar refractivity (Wildman–Crippen MR) is 62.6 cm³/mol. The Labute approximate surface area is 92.9 Å². The van der Waals surface area contributed by atoms with Crippen LogP contribution < -0.4 is 11.5 Å². The molecular formula is C12H11N3O. The molecule has 0 saturated carbocycles. The van der Waals surface area contributed by atoms with Gasteiger partial charge in [-0.1, -0.05) is 30.3 Å². The number of carbonyl (C=O) groups excluding carboxylic acids is 1. The fourth-order valence-corrected chi connectivity index (χ4v) is 1.46. The van der Waals surface area contributed by atoms with Crippen LogP contribution in [-0.2, 0) is 0 Å². The van der Waals surface area contributed by atoms with E-state index in [2.05, 4.69) is 4.98 Å². The summed E-state index contributed by atoms with van der Waals surface area (Å²) in [4.78, 5) is 15.1. The van der Waals surface area contributed by atoms with Crippen LogP contribution in [0.1, 0.15) is 10.4 Å². The molecule has 0 aliphatic rings. The van der Waals surface area contributed by atoms with Crippen LogP contribution >= 0.6 is 0 Å². The standard InChI is InChI=1S/C12H11N3O/c13-11-10(12(14)16)6-9(7-15-11)8-4-2-1-3-5-8/h1-7H,(H2,13,15)(H2,14,16). The number of nitrogens with two attached hydrogens (primary N) is 2. The molecule has 4 heteroatoms. The number of aromatic nitrogens is 1. The molecule has 0 aliphatic carbocycles. The van der Waals surface area contributed by atoms with Gasteiger partial charge in [0.15, 0.2) is 0 Å². The first-order valence-electron chi connectivity index (χ1n) is 4.79. The van der Waals surface area contributed by atoms with Crippen LogP contribution in [0.2, 0.25) is 0 Å². The Morgan fingerprint density at radius 2 is 1.81 bits per heavy atom. The summed E-state index contributed by atoms with van der Waals surface area (Å²) in [6.07, 6.45) is 1.62. The van der Waals surface area contributed by atoms with E-state index >= 15 is 0 Å². The molecule has 4 N–H and O–H groups in total. The number of anilines is 1. The largest absolute Gasteiger partial charge is 0.383 e. The van der Waals surface area contributed by atoms with Crippen molar-refractivity contribution in [3.8, 4) is 11.1 Å². The predicted octanol–water partition coefficient (Wildman–Crippen LogP) is 1.43. The Morgan fingerprint density at radius 1 is 1.12 bits per heavy atom. The Morgan fingerprint density at radius 3 is 2.44 bits per heavy atom. The maximum Gasteiger partial charge on any atom is 0.252 e. The molecule has 0 saturated heterocycles. The topological polar surface area (TPSA) is 82.0 Å². The van der Waals surface area contributed by atoms with Crippen LogP contribution in [0.25, 0.3) is 11.1 Å². The minimum atomic E-state index is -0.567. The lowest BCUT2D eigenvalue weighted by Crippen LogP contribution is -2.14. The highest BCUT2D eigenvalue weighted by Crippen LogP contribution is 2.21. The maximum absolute atomic E-state index is 11.1. The quantitative estimate of drug-likeness (QED) is 0.791. The molecule has 0 radical (unpaired) electrons. The van der Waals surface area contributed by atoms with E-state index in [1.54, 1.807) is 12.3 Å². The number of primary amides is 1. The fraction of sp³-hybridized carbons (Fsp3) is 0. The number of hydrogen-bond donors (Lipinski definition) is 2. The molecule has 0 spiro atoms. The van der Waals surface area contributed by atoms with Gasteiger partial charge in [-0.3, -0.25) is 4.79 Å². The Hall–Kier alpha value is -2.36. The summed E-state index contributed by atoms with van der Waals surface area (Å²) in [5.41, 5.74) is 12.8. The zero-order chi connectivity index (χ0) is 11.5. The Bertz CT molecular complexity index is 523. The van der Waals surface area contributed by atoms with E-state index < -0.39 is 5.91 Å². The van der Waals surface area contributed by atoms with E-state index in [1.807, 2.05) is 30.3 Å². The molecule has 1 heterocycles. The van der Waals surface area contributed by atoms with Crippen molar-refractivity contribution in [1.82, 2.24) is 4.98 Å². The van der Waals surface area contributed by atoms with Gasteiger partial charge >= 0.3 is 0 Å². The van der Waals surface area contributed by atoms with Crippen LogP contribution in [0.4, 0.5) is 5.82 Å². The third-order valence-corrected chi connectivity index (χ3v) is 2.29. The highest BCUT2D eigenvalue weighted by molar-refractivity contribution is 5.98. The molecule has 1 aromatic heterocycles. The fourth-order valence-electron chi connectivity index (χ4n) is 1.46. The number of pyridine rings is 1. The summed E-state index contributed by atoms with van der Waals surface area (Å²) >= 11 is 0. The molecule has 0 atom stereocenters. The number of rotatable bonds is 2. The molecule has 80 valence electrons. The lowest BCUT2D eigenvalue weighted by molar-refractivity contribution is 0.100. The second kappa shape index (κ2) is 4.02. The van der Waals surface area contributed by atoms with E-state index in [9.17, 15) is 4.79 Å². The summed E-state index contributed by atoms with van der Waals surface area (Å²) in [5, 5.41) is 0. The third kappa shape index (κ3) is 1.86. The summed E-state index contributed by atoms with van der Waals surface area (Å²) in [7, 11) is 0. The lowest BCUT2D eigenvalue weighted by Gasteiger charge is -2.04. The van der Waals surface area contributed by atoms with Gasteiger partial charge in [0.05, 0.1) is 5.56 Å². The molecule has 16 heavy (non-hydrogen) atoms. The van der Waals surface area contributed by atoms with Crippen molar-refractivity contribution in [2.45, 2.75) is 0 Å². The molecule has 2 rings (SSSR count). The van der Waals surface area contributed by atoms with Crippen LogP contribution in [-0.4, -0.2) is 10.9 Å². The first-order chi connectivity index (χ1) is 7.68. The third-order valence-electron chi connectivity index (χ3n) is 2.29. The van der Waals surface area contributed by atoms with E-state index in [0.29, 0.717) is 0 Å². The molecule has 0 bridgehead atoms. The van der Waals surface area contributed by atoms with E-state index in [4.69, 9.17) is 11.5 Å².